The molecule has 4 nitrogen and oxygen atoms in total. The highest BCUT2D eigenvalue weighted by atomic mass is 19.1. The molecule has 0 aliphatic heterocycles. The van der Waals surface area contributed by atoms with E-state index in [0.717, 1.165) is 0 Å². The van der Waals surface area contributed by atoms with Crippen LogP contribution in [0.4, 0.5) is 14.5 Å². The highest BCUT2D eigenvalue weighted by Crippen LogP contribution is 2.26. The average Bonchev–Trinajstić information content (AvgIpc) is 2.93. The van der Waals surface area contributed by atoms with E-state index in [4.69, 9.17) is 10.3 Å². The van der Waals surface area contributed by atoms with Crippen LogP contribution in [0, 0.1) is 11.6 Å². The molecule has 0 spiro atoms. The minimum atomic E-state index is -0.554. The van der Waals surface area contributed by atoms with Crippen LogP contribution in [-0.2, 0) is 6.42 Å². The maximum absolute atomic E-state index is 13.6. The first-order valence-electron chi connectivity index (χ1n) is 6.25. The number of anilines is 1. The van der Waals surface area contributed by atoms with Crippen molar-refractivity contribution in [2.45, 2.75) is 6.42 Å². The quantitative estimate of drug-likeness (QED) is 0.751. The van der Waals surface area contributed by atoms with Crippen molar-refractivity contribution in [3.63, 3.8) is 0 Å². The lowest BCUT2D eigenvalue weighted by Gasteiger charge is -2.00. The van der Waals surface area contributed by atoms with Gasteiger partial charge in [-0.3, -0.25) is 0 Å². The Labute approximate surface area is 119 Å². The summed E-state index contributed by atoms with van der Waals surface area (Å²) < 4.78 is 32.0. The second-order valence-corrected chi connectivity index (χ2v) is 4.49. The van der Waals surface area contributed by atoms with Crippen molar-refractivity contribution in [1.29, 1.82) is 0 Å². The molecule has 0 unspecified atom stereocenters. The number of nitrogen functional groups attached to an aromatic ring is 1. The Morgan fingerprint density at radius 3 is 2.57 bits per heavy atom. The highest BCUT2D eigenvalue weighted by molar-refractivity contribution is 5.70. The van der Waals surface area contributed by atoms with Crippen LogP contribution in [0.15, 0.2) is 47.0 Å². The predicted molar refractivity (Wildman–Crippen MR) is 73.3 cm³/mol. The molecule has 0 aliphatic carbocycles. The fourth-order valence-electron chi connectivity index (χ4n) is 1.97. The van der Waals surface area contributed by atoms with Gasteiger partial charge in [0.25, 0.3) is 5.89 Å². The van der Waals surface area contributed by atoms with E-state index in [-0.39, 0.29) is 23.8 Å². The number of nitrogens with zero attached hydrogens (tertiary/aromatic N) is 2. The Hall–Kier alpha value is -2.76. The molecule has 2 aromatic carbocycles. The molecule has 0 atom stereocenters. The lowest BCUT2D eigenvalue weighted by Crippen LogP contribution is -1.96. The van der Waals surface area contributed by atoms with Gasteiger partial charge >= 0.3 is 0 Å². The standard InChI is InChI=1S/C15H11F2N3O/c16-11-6-2-1-4-9(11)8-13-19-15(21-20-13)10-5-3-7-12(17)14(10)18/h1-7H,8,18H2. The number of hydrogen-bond donors (Lipinski definition) is 1. The van der Waals surface area contributed by atoms with Crippen molar-refractivity contribution in [2.75, 3.05) is 5.73 Å². The third-order valence-corrected chi connectivity index (χ3v) is 3.06. The summed E-state index contributed by atoms with van der Waals surface area (Å²) in [6.07, 6.45) is 0.186. The maximum atomic E-state index is 13.6. The zero-order chi connectivity index (χ0) is 14.8. The van der Waals surface area contributed by atoms with Crippen LogP contribution in [-0.4, -0.2) is 10.1 Å². The highest BCUT2D eigenvalue weighted by Gasteiger charge is 2.15. The summed E-state index contributed by atoms with van der Waals surface area (Å²) in [5.74, 6) is -0.479. The van der Waals surface area contributed by atoms with Gasteiger partial charge in [0.05, 0.1) is 11.3 Å². The minimum Gasteiger partial charge on any atom is -0.396 e. The summed E-state index contributed by atoms with van der Waals surface area (Å²) in [5, 5.41) is 3.77. The first-order chi connectivity index (χ1) is 10.1. The van der Waals surface area contributed by atoms with E-state index in [9.17, 15) is 8.78 Å². The predicted octanol–water partition coefficient (Wildman–Crippen LogP) is 3.19. The summed E-state index contributed by atoms with van der Waals surface area (Å²) in [5.41, 5.74) is 6.36. The molecular weight excluding hydrogens is 276 g/mol. The molecular formula is C15H11F2N3O. The van der Waals surface area contributed by atoms with Crippen molar-refractivity contribution in [2.24, 2.45) is 0 Å². The lowest BCUT2D eigenvalue weighted by molar-refractivity contribution is 0.423. The van der Waals surface area contributed by atoms with Gasteiger partial charge in [0, 0.05) is 6.42 Å². The van der Waals surface area contributed by atoms with Crippen LogP contribution >= 0.6 is 0 Å². The molecule has 0 saturated heterocycles. The summed E-state index contributed by atoms with van der Waals surface area (Å²) in [6, 6.07) is 10.7. The van der Waals surface area contributed by atoms with Gasteiger partial charge in [-0.05, 0) is 23.8 Å². The van der Waals surface area contributed by atoms with Crippen molar-refractivity contribution in [1.82, 2.24) is 10.1 Å². The lowest BCUT2D eigenvalue weighted by atomic mass is 10.1. The van der Waals surface area contributed by atoms with E-state index < -0.39 is 5.82 Å². The molecule has 0 aliphatic rings. The zero-order valence-corrected chi connectivity index (χ0v) is 10.9. The minimum absolute atomic E-state index is 0.0569. The number of aromatic nitrogens is 2. The molecule has 6 heteroatoms. The van der Waals surface area contributed by atoms with E-state index in [0.29, 0.717) is 17.0 Å². The molecule has 1 heterocycles. The van der Waals surface area contributed by atoms with Gasteiger partial charge in [-0.25, -0.2) is 8.78 Å². The third kappa shape index (κ3) is 2.60. The maximum Gasteiger partial charge on any atom is 0.260 e. The number of nitrogens with two attached hydrogens (primary N) is 1. The molecule has 0 radical (unpaired) electrons. The Kier molecular flexibility index (Phi) is 3.35. The van der Waals surface area contributed by atoms with Gasteiger partial charge in [0.1, 0.15) is 11.6 Å². The fraction of sp³-hybridized carbons (Fsp3) is 0.0667. The van der Waals surface area contributed by atoms with Crippen LogP contribution in [0.25, 0.3) is 11.5 Å². The summed E-state index contributed by atoms with van der Waals surface area (Å²) >= 11 is 0. The second-order valence-electron chi connectivity index (χ2n) is 4.49. The van der Waals surface area contributed by atoms with Gasteiger partial charge in [-0.1, -0.05) is 29.4 Å². The van der Waals surface area contributed by atoms with Crippen molar-refractivity contribution in [3.05, 3.63) is 65.5 Å². The first-order valence-corrected chi connectivity index (χ1v) is 6.25. The fourth-order valence-corrected chi connectivity index (χ4v) is 1.97. The van der Waals surface area contributed by atoms with E-state index in [1.54, 1.807) is 24.3 Å². The van der Waals surface area contributed by atoms with Crippen LogP contribution in [0.3, 0.4) is 0 Å². The summed E-state index contributed by atoms with van der Waals surface area (Å²) in [7, 11) is 0. The monoisotopic (exact) mass is 287 g/mol. The van der Waals surface area contributed by atoms with E-state index >= 15 is 0 Å². The zero-order valence-electron chi connectivity index (χ0n) is 10.9. The molecule has 2 N–H and O–H groups in total. The number of para-hydroxylation sites is 1. The van der Waals surface area contributed by atoms with Gasteiger partial charge in [0.15, 0.2) is 5.82 Å². The van der Waals surface area contributed by atoms with Crippen molar-refractivity contribution >= 4 is 5.69 Å². The van der Waals surface area contributed by atoms with E-state index in [2.05, 4.69) is 10.1 Å². The normalized spacial score (nSPS) is 10.8. The molecule has 21 heavy (non-hydrogen) atoms. The average molecular weight is 287 g/mol. The molecule has 1 aromatic heterocycles. The number of rotatable bonds is 3. The molecule has 106 valence electrons. The smallest absolute Gasteiger partial charge is 0.260 e. The first kappa shape index (κ1) is 13.2. The Balaban J connectivity index is 1.90. The molecule has 0 fully saturated rings. The second kappa shape index (κ2) is 5.32. The van der Waals surface area contributed by atoms with Crippen molar-refractivity contribution in [3.8, 4) is 11.5 Å². The van der Waals surface area contributed by atoms with Gasteiger partial charge < -0.3 is 10.3 Å². The van der Waals surface area contributed by atoms with Crippen LogP contribution < -0.4 is 5.73 Å². The van der Waals surface area contributed by atoms with Gasteiger partial charge in [-0.15, -0.1) is 0 Å². The van der Waals surface area contributed by atoms with Crippen molar-refractivity contribution < 1.29 is 13.3 Å². The molecule has 0 amide bonds. The SMILES string of the molecule is Nc1c(F)cccc1-c1nc(Cc2ccccc2F)no1. The molecule has 3 rings (SSSR count). The summed E-state index contributed by atoms with van der Waals surface area (Å²) in [6.45, 7) is 0. The van der Waals surface area contributed by atoms with E-state index in [1.807, 2.05) is 0 Å². The Morgan fingerprint density at radius 1 is 1.00 bits per heavy atom. The van der Waals surface area contributed by atoms with Crippen LogP contribution in [0.2, 0.25) is 0 Å². The van der Waals surface area contributed by atoms with Crippen LogP contribution in [0.1, 0.15) is 11.4 Å². The number of benzene rings is 2. The molecule has 0 bridgehead atoms. The number of hydrogen-bond acceptors (Lipinski definition) is 4. The third-order valence-electron chi connectivity index (χ3n) is 3.06. The largest absolute Gasteiger partial charge is 0.396 e. The number of halogens is 2. The summed E-state index contributed by atoms with van der Waals surface area (Å²) in [4.78, 5) is 4.13. The van der Waals surface area contributed by atoms with Crippen LogP contribution in [0.5, 0.6) is 0 Å². The molecule has 3 aromatic rings. The van der Waals surface area contributed by atoms with Gasteiger partial charge in [-0.2, -0.15) is 4.98 Å². The van der Waals surface area contributed by atoms with E-state index in [1.165, 1.54) is 18.2 Å². The topological polar surface area (TPSA) is 64.9 Å². The molecule has 0 saturated carbocycles. The Bertz CT molecular complexity index is 786. The van der Waals surface area contributed by atoms with Gasteiger partial charge in [0.2, 0.25) is 0 Å². The Morgan fingerprint density at radius 2 is 1.76 bits per heavy atom.